The summed E-state index contributed by atoms with van der Waals surface area (Å²) < 4.78 is 17.7. The molecule has 0 radical (unpaired) electrons. The van der Waals surface area contributed by atoms with Gasteiger partial charge in [-0.2, -0.15) is 5.26 Å². The first-order valence-corrected chi connectivity index (χ1v) is 10.9. The number of ether oxygens (including phenoxy) is 2. The number of amides is 1. The second-order valence-corrected chi connectivity index (χ2v) is 7.57. The Hall–Kier alpha value is -4.77. The summed E-state index contributed by atoms with van der Waals surface area (Å²) in [5, 5.41) is 13.3. The van der Waals surface area contributed by atoms with E-state index in [9.17, 15) is 14.9 Å². The maximum Gasteiger partial charge on any atom is 0.373 e. The van der Waals surface area contributed by atoms with E-state index in [-0.39, 0.29) is 11.3 Å². The minimum Gasteiger partial charge on any atom is -0.494 e. The normalized spacial score (nSPS) is 11.2. The first-order valence-electron chi connectivity index (χ1n) is 10.9. The number of anilines is 1. The molecule has 4 rings (SSSR count). The Morgan fingerprint density at radius 3 is 2.74 bits per heavy atom. The zero-order chi connectivity index (χ0) is 24.8. The average molecular weight is 469 g/mol. The highest BCUT2D eigenvalue weighted by atomic mass is 16.5. The SMILES string of the molecule is CCOc1cccc(NC(=O)/C(C#N)=C\c2cn(Cc3ccc(C(=O)OC)o3)c3ccccc23)c1. The van der Waals surface area contributed by atoms with Crippen LogP contribution >= 0.6 is 0 Å². The van der Waals surface area contributed by atoms with Crippen molar-refractivity contribution < 1.29 is 23.5 Å². The Kier molecular flexibility index (Phi) is 6.98. The number of para-hydroxylation sites is 1. The lowest BCUT2D eigenvalue weighted by molar-refractivity contribution is -0.112. The van der Waals surface area contributed by atoms with Crippen molar-refractivity contribution in [3.63, 3.8) is 0 Å². The molecular weight excluding hydrogens is 446 g/mol. The molecule has 2 aromatic heterocycles. The Labute approximate surface area is 202 Å². The quantitative estimate of drug-likeness (QED) is 0.221. The van der Waals surface area contributed by atoms with Gasteiger partial charge in [0.25, 0.3) is 5.91 Å². The molecule has 0 aliphatic rings. The lowest BCUT2D eigenvalue weighted by Gasteiger charge is -2.07. The number of rotatable bonds is 8. The number of aromatic nitrogens is 1. The van der Waals surface area contributed by atoms with E-state index in [1.807, 2.05) is 48.0 Å². The van der Waals surface area contributed by atoms with Gasteiger partial charge in [-0.3, -0.25) is 4.79 Å². The number of carbonyl (C=O) groups is 2. The zero-order valence-electron chi connectivity index (χ0n) is 19.3. The summed E-state index contributed by atoms with van der Waals surface area (Å²) in [7, 11) is 1.29. The number of hydrogen-bond donors (Lipinski definition) is 1. The molecule has 0 atom stereocenters. The van der Waals surface area contributed by atoms with E-state index >= 15 is 0 Å². The van der Waals surface area contributed by atoms with Crippen LogP contribution in [-0.2, 0) is 16.1 Å². The largest absolute Gasteiger partial charge is 0.494 e. The van der Waals surface area contributed by atoms with Crippen LogP contribution in [0.4, 0.5) is 5.69 Å². The molecule has 8 heteroatoms. The molecule has 0 saturated carbocycles. The van der Waals surface area contributed by atoms with Gasteiger partial charge in [-0.05, 0) is 43.3 Å². The third-order valence-electron chi connectivity index (χ3n) is 5.26. The topological polar surface area (TPSA) is 106 Å². The highest BCUT2D eigenvalue weighted by Gasteiger charge is 2.15. The average Bonchev–Trinajstić information content (AvgIpc) is 3.47. The minimum atomic E-state index is -0.547. The number of methoxy groups -OCH3 is 1. The van der Waals surface area contributed by atoms with Gasteiger partial charge in [0.1, 0.15) is 23.2 Å². The summed E-state index contributed by atoms with van der Waals surface area (Å²) in [6, 6.07) is 19.9. The molecule has 2 aromatic carbocycles. The van der Waals surface area contributed by atoms with Gasteiger partial charge >= 0.3 is 5.97 Å². The molecule has 0 fully saturated rings. The van der Waals surface area contributed by atoms with Crippen LogP contribution in [0.1, 0.15) is 28.8 Å². The Morgan fingerprint density at radius 2 is 1.97 bits per heavy atom. The number of furan rings is 1. The lowest BCUT2D eigenvalue weighted by Crippen LogP contribution is -2.13. The number of carbonyl (C=O) groups excluding carboxylic acids is 2. The molecule has 0 saturated heterocycles. The van der Waals surface area contributed by atoms with Gasteiger partial charge in [-0.1, -0.05) is 24.3 Å². The summed E-state index contributed by atoms with van der Waals surface area (Å²) in [6.07, 6.45) is 3.40. The smallest absolute Gasteiger partial charge is 0.373 e. The summed E-state index contributed by atoms with van der Waals surface area (Å²) in [6.45, 7) is 2.73. The molecule has 35 heavy (non-hydrogen) atoms. The van der Waals surface area contributed by atoms with Gasteiger partial charge in [-0.25, -0.2) is 4.79 Å². The van der Waals surface area contributed by atoms with E-state index in [0.29, 0.717) is 35.9 Å². The highest BCUT2D eigenvalue weighted by Crippen LogP contribution is 2.26. The molecule has 0 aliphatic carbocycles. The lowest BCUT2D eigenvalue weighted by atomic mass is 10.1. The predicted molar refractivity (Wildman–Crippen MR) is 131 cm³/mol. The fourth-order valence-electron chi connectivity index (χ4n) is 3.69. The monoisotopic (exact) mass is 469 g/mol. The Balaban J connectivity index is 1.62. The second-order valence-electron chi connectivity index (χ2n) is 7.57. The Morgan fingerprint density at radius 1 is 1.14 bits per heavy atom. The first-order chi connectivity index (χ1) is 17.0. The number of nitriles is 1. The maximum atomic E-state index is 12.8. The highest BCUT2D eigenvalue weighted by molar-refractivity contribution is 6.10. The van der Waals surface area contributed by atoms with Crippen LogP contribution in [0.5, 0.6) is 5.75 Å². The van der Waals surface area contributed by atoms with Crippen molar-refractivity contribution in [2.75, 3.05) is 19.0 Å². The Bertz CT molecular complexity index is 1460. The van der Waals surface area contributed by atoms with E-state index in [2.05, 4.69) is 5.32 Å². The number of benzene rings is 2. The summed E-state index contributed by atoms with van der Waals surface area (Å²) in [5.74, 6) is 0.245. The van der Waals surface area contributed by atoms with Gasteiger partial charge in [0.05, 0.1) is 20.3 Å². The van der Waals surface area contributed by atoms with Crippen molar-refractivity contribution in [2.45, 2.75) is 13.5 Å². The van der Waals surface area contributed by atoms with Crippen molar-refractivity contribution in [3.8, 4) is 11.8 Å². The molecular formula is C27H23N3O5. The van der Waals surface area contributed by atoms with Crippen LogP contribution in [0.15, 0.2) is 76.9 Å². The van der Waals surface area contributed by atoms with Crippen molar-refractivity contribution >= 4 is 34.5 Å². The fourth-order valence-corrected chi connectivity index (χ4v) is 3.69. The molecule has 8 nitrogen and oxygen atoms in total. The molecule has 0 spiro atoms. The van der Waals surface area contributed by atoms with Gasteiger partial charge in [-0.15, -0.1) is 0 Å². The van der Waals surface area contributed by atoms with Gasteiger partial charge in [0, 0.05) is 34.4 Å². The molecule has 2 heterocycles. The van der Waals surface area contributed by atoms with Crippen molar-refractivity contribution in [2.24, 2.45) is 0 Å². The third kappa shape index (κ3) is 5.25. The molecule has 0 unspecified atom stereocenters. The van der Waals surface area contributed by atoms with Crippen LogP contribution in [0.25, 0.3) is 17.0 Å². The first kappa shape index (κ1) is 23.4. The van der Waals surface area contributed by atoms with Crippen molar-refractivity contribution in [1.82, 2.24) is 4.57 Å². The fraction of sp³-hybridized carbons (Fsp3) is 0.148. The summed E-state index contributed by atoms with van der Waals surface area (Å²) in [5.41, 5.74) is 2.08. The van der Waals surface area contributed by atoms with Crippen LogP contribution in [0.3, 0.4) is 0 Å². The summed E-state index contributed by atoms with van der Waals surface area (Å²) >= 11 is 0. The molecule has 1 amide bonds. The standard InChI is InChI=1S/C27H23N3O5/c1-3-34-21-8-6-7-20(14-21)29-26(31)18(15-28)13-19-16-30(24-10-5-4-9-23(19)24)17-22-11-12-25(35-22)27(32)33-2/h4-14,16H,3,17H2,1-2H3,(H,29,31)/b18-13-. The third-order valence-corrected chi connectivity index (χ3v) is 5.26. The molecule has 0 aliphatic heterocycles. The summed E-state index contributed by atoms with van der Waals surface area (Å²) in [4.78, 5) is 24.5. The number of hydrogen-bond acceptors (Lipinski definition) is 6. The van der Waals surface area contributed by atoms with E-state index in [1.165, 1.54) is 7.11 Å². The molecule has 176 valence electrons. The van der Waals surface area contributed by atoms with Gasteiger partial charge in [0.15, 0.2) is 0 Å². The number of nitrogens with zero attached hydrogens (tertiary/aromatic N) is 2. The molecule has 1 N–H and O–H groups in total. The molecule has 0 bridgehead atoms. The number of nitrogens with one attached hydrogen (secondary N) is 1. The van der Waals surface area contributed by atoms with E-state index in [1.54, 1.807) is 42.5 Å². The van der Waals surface area contributed by atoms with Crippen molar-refractivity contribution in [1.29, 1.82) is 5.26 Å². The maximum absolute atomic E-state index is 12.8. The van der Waals surface area contributed by atoms with E-state index < -0.39 is 11.9 Å². The number of esters is 1. The second kappa shape index (κ2) is 10.4. The van der Waals surface area contributed by atoms with Gasteiger partial charge in [0.2, 0.25) is 5.76 Å². The van der Waals surface area contributed by atoms with Crippen LogP contribution in [0, 0.1) is 11.3 Å². The molecule has 4 aromatic rings. The van der Waals surface area contributed by atoms with E-state index in [4.69, 9.17) is 13.9 Å². The zero-order valence-corrected chi connectivity index (χ0v) is 19.3. The van der Waals surface area contributed by atoms with Crippen LogP contribution in [0.2, 0.25) is 0 Å². The van der Waals surface area contributed by atoms with Gasteiger partial charge < -0.3 is 23.8 Å². The van der Waals surface area contributed by atoms with E-state index in [0.717, 1.165) is 10.9 Å². The van der Waals surface area contributed by atoms with Crippen molar-refractivity contribution in [3.05, 3.63) is 89.5 Å². The van der Waals surface area contributed by atoms with Crippen LogP contribution in [-0.4, -0.2) is 30.2 Å². The predicted octanol–water partition coefficient (Wildman–Crippen LogP) is 5.01. The minimum absolute atomic E-state index is 0.0410. The number of fused-ring (bicyclic) bond motifs is 1. The van der Waals surface area contributed by atoms with Crippen LogP contribution < -0.4 is 10.1 Å².